The van der Waals surface area contributed by atoms with Crippen LogP contribution in [0.5, 0.6) is 5.75 Å². The molecule has 1 N–H and O–H groups in total. The Morgan fingerprint density at radius 3 is 2.63 bits per heavy atom. The van der Waals surface area contributed by atoms with E-state index in [4.69, 9.17) is 9.15 Å². The Bertz CT molecular complexity index is 1300. The lowest BCUT2D eigenvalue weighted by atomic mass is 10.1. The van der Waals surface area contributed by atoms with Gasteiger partial charge < -0.3 is 14.5 Å². The number of amides is 1. The fourth-order valence-corrected chi connectivity index (χ4v) is 3.66. The van der Waals surface area contributed by atoms with E-state index >= 15 is 0 Å². The van der Waals surface area contributed by atoms with Crippen LogP contribution < -0.4 is 10.1 Å². The lowest BCUT2D eigenvalue weighted by Gasteiger charge is -2.16. The largest absolute Gasteiger partial charge is 0.495 e. The quantitative estimate of drug-likeness (QED) is 0.384. The maximum Gasteiger partial charge on any atom is 0.312 e. The van der Waals surface area contributed by atoms with Crippen LogP contribution in [0.1, 0.15) is 24.4 Å². The topological polar surface area (TPSA) is 112 Å². The summed E-state index contributed by atoms with van der Waals surface area (Å²) in [5.41, 5.74) is 2.29. The maximum absolute atomic E-state index is 12.9. The number of rotatable bonds is 5. The van der Waals surface area contributed by atoms with E-state index in [2.05, 4.69) is 10.4 Å². The van der Waals surface area contributed by atoms with Crippen molar-refractivity contribution in [2.45, 2.75) is 26.8 Å². The normalized spacial score (nSPS) is 12.3. The molecule has 9 nitrogen and oxygen atoms in total. The molecule has 1 atom stereocenters. The zero-order valence-electron chi connectivity index (χ0n) is 16.9. The van der Waals surface area contributed by atoms with Crippen molar-refractivity contribution in [2.24, 2.45) is 0 Å². The number of nitrogens with one attached hydrogen (secondary N) is 1. The highest BCUT2D eigenvalue weighted by Crippen LogP contribution is 2.36. The van der Waals surface area contributed by atoms with Gasteiger partial charge in [0.15, 0.2) is 0 Å². The summed E-state index contributed by atoms with van der Waals surface area (Å²) in [6, 6.07) is 10.4. The summed E-state index contributed by atoms with van der Waals surface area (Å²) >= 11 is 0. The zero-order chi connectivity index (χ0) is 21.6. The van der Waals surface area contributed by atoms with Gasteiger partial charge in [-0.15, -0.1) is 0 Å². The molecule has 2 aromatic heterocycles. The highest BCUT2D eigenvalue weighted by molar-refractivity contribution is 6.08. The number of para-hydroxylation sites is 1. The lowest BCUT2D eigenvalue weighted by molar-refractivity contribution is -0.386. The number of aromatic nitrogens is 2. The van der Waals surface area contributed by atoms with Crippen molar-refractivity contribution in [3.8, 4) is 5.75 Å². The number of fused-ring (bicyclic) bond motifs is 3. The highest BCUT2D eigenvalue weighted by Gasteiger charge is 2.27. The predicted octanol–water partition coefficient (Wildman–Crippen LogP) is 4.52. The highest BCUT2D eigenvalue weighted by atomic mass is 16.6. The Morgan fingerprint density at radius 2 is 1.97 bits per heavy atom. The van der Waals surface area contributed by atoms with Gasteiger partial charge in [0.25, 0.3) is 0 Å². The third-order valence-electron chi connectivity index (χ3n) is 5.17. The number of hydrogen-bond acceptors (Lipinski definition) is 6. The summed E-state index contributed by atoms with van der Waals surface area (Å²) in [7, 11) is 1.52. The van der Waals surface area contributed by atoms with Crippen LogP contribution in [-0.4, -0.2) is 27.7 Å². The van der Waals surface area contributed by atoms with Crippen molar-refractivity contribution < 1.29 is 18.9 Å². The van der Waals surface area contributed by atoms with Crippen molar-refractivity contribution in [1.82, 2.24) is 9.78 Å². The SMILES string of the molecule is COc1cc2c(cc1NC(=O)[C@@H](C)n1nc(C)c([N+](=O)[O-])c1C)oc1ccccc12. The van der Waals surface area contributed by atoms with E-state index < -0.39 is 11.0 Å². The van der Waals surface area contributed by atoms with Crippen LogP contribution in [-0.2, 0) is 4.79 Å². The van der Waals surface area contributed by atoms with E-state index in [0.29, 0.717) is 22.7 Å². The summed E-state index contributed by atoms with van der Waals surface area (Å²) in [6.45, 7) is 4.75. The number of nitro groups is 1. The minimum absolute atomic E-state index is 0.0871. The van der Waals surface area contributed by atoms with Gasteiger partial charge in [-0.2, -0.15) is 5.10 Å². The average molecular weight is 408 g/mol. The van der Waals surface area contributed by atoms with Crippen LogP contribution in [0.25, 0.3) is 21.9 Å². The van der Waals surface area contributed by atoms with Crippen molar-refractivity contribution in [3.05, 3.63) is 57.9 Å². The summed E-state index contributed by atoms with van der Waals surface area (Å²) in [5, 5.41) is 20.1. The first-order chi connectivity index (χ1) is 14.3. The van der Waals surface area contributed by atoms with Crippen molar-refractivity contribution >= 4 is 39.2 Å². The van der Waals surface area contributed by atoms with E-state index in [1.807, 2.05) is 30.3 Å². The van der Waals surface area contributed by atoms with Crippen LogP contribution >= 0.6 is 0 Å². The molecule has 0 saturated heterocycles. The Morgan fingerprint density at radius 1 is 1.23 bits per heavy atom. The number of methoxy groups -OCH3 is 1. The Balaban J connectivity index is 1.69. The maximum atomic E-state index is 12.9. The minimum Gasteiger partial charge on any atom is -0.495 e. The van der Waals surface area contributed by atoms with Gasteiger partial charge in [0.1, 0.15) is 34.3 Å². The van der Waals surface area contributed by atoms with E-state index in [1.165, 1.54) is 11.8 Å². The number of nitrogens with zero attached hydrogens (tertiary/aromatic N) is 3. The molecule has 2 heterocycles. The first-order valence-electron chi connectivity index (χ1n) is 9.32. The van der Waals surface area contributed by atoms with E-state index in [-0.39, 0.29) is 17.3 Å². The number of anilines is 1. The van der Waals surface area contributed by atoms with Gasteiger partial charge in [0.05, 0.1) is 17.7 Å². The molecular weight excluding hydrogens is 388 g/mol. The standard InChI is InChI=1S/C21H20N4O5/c1-11-20(25(27)28)12(2)24(23-11)13(3)21(26)22-16-10-18-15(9-19(16)29-4)14-7-5-6-8-17(14)30-18/h5-10,13H,1-4H3,(H,22,26)/t13-/m1/s1. The van der Waals surface area contributed by atoms with Crippen molar-refractivity contribution in [2.75, 3.05) is 12.4 Å². The molecule has 0 spiro atoms. The Hall–Kier alpha value is -3.88. The second-order valence-electron chi connectivity index (χ2n) is 7.03. The van der Waals surface area contributed by atoms with Gasteiger partial charge in [0, 0.05) is 16.8 Å². The second-order valence-corrected chi connectivity index (χ2v) is 7.03. The molecule has 0 saturated carbocycles. The summed E-state index contributed by atoms with van der Waals surface area (Å²) in [4.78, 5) is 23.7. The average Bonchev–Trinajstić information content (AvgIpc) is 3.22. The number of hydrogen-bond donors (Lipinski definition) is 1. The number of ether oxygens (including phenoxy) is 1. The number of carbonyl (C=O) groups is 1. The summed E-state index contributed by atoms with van der Waals surface area (Å²) in [5.74, 6) is 0.0956. The number of furan rings is 1. The third kappa shape index (κ3) is 3.04. The Kier molecular flexibility index (Phi) is 4.65. The minimum atomic E-state index is -0.770. The fourth-order valence-electron chi connectivity index (χ4n) is 3.66. The van der Waals surface area contributed by atoms with Crippen molar-refractivity contribution in [3.63, 3.8) is 0 Å². The molecule has 4 aromatic rings. The smallest absolute Gasteiger partial charge is 0.312 e. The molecule has 0 aliphatic carbocycles. The molecular formula is C21H20N4O5. The number of benzene rings is 2. The summed E-state index contributed by atoms with van der Waals surface area (Å²) < 4.78 is 12.7. The van der Waals surface area contributed by atoms with Crippen LogP contribution in [0.2, 0.25) is 0 Å². The number of aryl methyl sites for hydroxylation is 1. The molecule has 0 bridgehead atoms. The van der Waals surface area contributed by atoms with E-state index in [1.54, 1.807) is 26.8 Å². The first kappa shape index (κ1) is 19.4. The van der Waals surface area contributed by atoms with E-state index in [0.717, 1.165) is 16.4 Å². The third-order valence-corrected chi connectivity index (χ3v) is 5.17. The molecule has 0 aliphatic rings. The molecule has 2 aromatic carbocycles. The van der Waals surface area contributed by atoms with Gasteiger partial charge in [-0.3, -0.25) is 19.6 Å². The first-order valence-corrected chi connectivity index (χ1v) is 9.32. The van der Waals surface area contributed by atoms with Gasteiger partial charge in [-0.25, -0.2) is 0 Å². The van der Waals surface area contributed by atoms with Gasteiger partial charge in [-0.05, 0) is 32.9 Å². The van der Waals surface area contributed by atoms with Crippen LogP contribution in [0.3, 0.4) is 0 Å². The molecule has 9 heteroatoms. The fraction of sp³-hybridized carbons (Fsp3) is 0.238. The summed E-state index contributed by atoms with van der Waals surface area (Å²) in [6.07, 6.45) is 0. The van der Waals surface area contributed by atoms with Crippen LogP contribution in [0.4, 0.5) is 11.4 Å². The molecule has 30 heavy (non-hydrogen) atoms. The van der Waals surface area contributed by atoms with Crippen LogP contribution in [0.15, 0.2) is 40.8 Å². The molecule has 154 valence electrons. The second kappa shape index (κ2) is 7.18. The molecule has 4 rings (SSSR count). The van der Waals surface area contributed by atoms with Gasteiger partial charge in [0.2, 0.25) is 5.91 Å². The van der Waals surface area contributed by atoms with Gasteiger partial charge >= 0.3 is 5.69 Å². The van der Waals surface area contributed by atoms with Crippen LogP contribution in [0, 0.1) is 24.0 Å². The van der Waals surface area contributed by atoms with Gasteiger partial charge in [-0.1, -0.05) is 18.2 Å². The number of carbonyl (C=O) groups excluding carboxylic acids is 1. The molecule has 0 fully saturated rings. The van der Waals surface area contributed by atoms with Crippen molar-refractivity contribution in [1.29, 1.82) is 0 Å². The zero-order valence-corrected chi connectivity index (χ0v) is 16.9. The Labute approximate surface area is 171 Å². The van der Waals surface area contributed by atoms with E-state index in [9.17, 15) is 14.9 Å². The molecule has 0 aliphatic heterocycles. The predicted molar refractivity (Wildman–Crippen MR) is 112 cm³/mol. The molecule has 0 radical (unpaired) electrons. The lowest BCUT2D eigenvalue weighted by Crippen LogP contribution is -2.25. The molecule has 0 unspecified atom stereocenters. The monoisotopic (exact) mass is 408 g/mol. The molecule has 1 amide bonds.